The van der Waals surface area contributed by atoms with E-state index >= 15 is 0 Å². The largest absolute Gasteiger partial charge is 0.341 e. The van der Waals surface area contributed by atoms with Gasteiger partial charge in [0.05, 0.1) is 0 Å². The predicted octanol–water partition coefficient (Wildman–Crippen LogP) is 7.14. The molecule has 0 radical (unpaired) electrons. The summed E-state index contributed by atoms with van der Waals surface area (Å²) in [6, 6.07) is 30.6. The topological polar surface area (TPSA) is 4.93 Å². The van der Waals surface area contributed by atoms with E-state index in [-0.39, 0.29) is 0 Å². The van der Waals surface area contributed by atoms with E-state index in [0.29, 0.717) is 0 Å². The third kappa shape index (κ3) is 2.72. The second kappa shape index (κ2) is 6.44. The molecule has 4 aromatic carbocycles. The first-order valence-electron chi connectivity index (χ1n) is 9.51. The zero-order valence-electron chi connectivity index (χ0n) is 15.4. The molecule has 1 nitrogen and oxygen atoms in total. The molecular weight excluding hydrogens is 326 g/mol. The molecule has 0 saturated heterocycles. The van der Waals surface area contributed by atoms with Crippen molar-refractivity contribution in [3.05, 3.63) is 96.1 Å². The molecular formula is C26H21N. The van der Waals surface area contributed by atoms with Gasteiger partial charge in [-0.3, -0.25) is 0 Å². The van der Waals surface area contributed by atoms with Crippen LogP contribution in [0.3, 0.4) is 0 Å². The molecule has 0 bridgehead atoms. The number of hydrogen-bond donors (Lipinski definition) is 0. The highest BCUT2D eigenvalue weighted by Crippen LogP contribution is 2.30. The van der Waals surface area contributed by atoms with Gasteiger partial charge in [0.1, 0.15) is 0 Å². The lowest BCUT2D eigenvalue weighted by molar-refractivity contribution is 0.827. The molecule has 27 heavy (non-hydrogen) atoms. The Labute approximate surface area is 159 Å². The zero-order chi connectivity index (χ0) is 18.2. The van der Waals surface area contributed by atoms with Crippen molar-refractivity contribution in [3.63, 3.8) is 0 Å². The molecule has 0 spiro atoms. The van der Waals surface area contributed by atoms with E-state index in [1.54, 1.807) is 0 Å². The van der Waals surface area contributed by atoms with Crippen LogP contribution >= 0.6 is 0 Å². The van der Waals surface area contributed by atoms with Crippen LogP contribution in [-0.2, 0) is 6.54 Å². The van der Waals surface area contributed by atoms with E-state index in [2.05, 4.69) is 109 Å². The normalized spacial score (nSPS) is 11.9. The molecule has 1 heterocycles. The molecule has 0 saturated carbocycles. The highest BCUT2D eigenvalue weighted by Gasteiger charge is 2.08. The van der Waals surface area contributed by atoms with Crippen molar-refractivity contribution in [2.75, 3.05) is 0 Å². The van der Waals surface area contributed by atoms with Crippen LogP contribution in [0.2, 0.25) is 0 Å². The third-order valence-electron chi connectivity index (χ3n) is 5.35. The van der Waals surface area contributed by atoms with Crippen LogP contribution in [0.5, 0.6) is 0 Å². The maximum Gasteiger partial charge on any atom is 0.0491 e. The van der Waals surface area contributed by atoms with Gasteiger partial charge < -0.3 is 4.57 Å². The maximum absolute atomic E-state index is 2.39. The van der Waals surface area contributed by atoms with Crippen molar-refractivity contribution in [1.82, 2.24) is 4.57 Å². The van der Waals surface area contributed by atoms with Gasteiger partial charge in [0.15, 0.2) is 0 Å². The summed E-state index contributed by atoms with van der Waals surface area (Å²) in [5, 5.41) is 5.22. The maximum atomic E-state index is 2.39. The van der Waals surface area contributed by atoms with E-state index < -0.39 is 0 Å². The Morgan fingerprint density at radius 1 is 0.630 bits per heavy atom. The molecule has 130 valence electrons. The number of benzene rings is 4. The van der Waals surface area contributed by atoms with Crippen LogP contribution < -0.4 is 0 Å². The fourth-order valence-electron chi connectivity index (χ4n) is 4.02. The van der Waals surface area contributed by atoms with Gasteiger partial charge in [0, 0.05) is 28.4 Å². The van der Waals surface area contributed by atoms with Crippen LogP contribution in [0.4, 0.5) is 0 Å². The van der Waals surface area contributed by atoms with E-state index in [9.17, 15) is 0 Å². The summed E-state index contributed by atoms with van der Waals surface area (Å²) in [6.07, 6.45) is 4.41. The van der Waals surface area contributed by atoms with Crippen LogP contribution in [0.1, 0.15) is 18.1 Å². The Hall–Kier alpha value is -3.32. The Bertz CT molecular complexity index is 1300. The quantitative estimate of drug-likeness (QED) is 0.306. The summed E-state index contributed by atoms with van der Waals surface area (Å²) in [6.45, 7) is 3.19. The fourth-order valence-corrected chi connectivity index (χ4v) is 4.02. The number of rotatable bonds is 3. The van der Waals surface area contributed by atoms with Crippen molar-refractivity contribution >= 4 is 44.7 Å². The monoisotopic (exact) mass is 347 g/mol. The zero-order valence-corrected chi connectivity index (χ0v) is 15.4. The van der Waals surface area contributed by atoms with Crippen LogP contribution in [0.25, 0.3) is 44.7 Å². The standard InChI is InChI=1S/C26H21N/c1-2-27-25-10-6-5-9-23(25)24-18-20(14-16-26(24)27)12-11-19-13-15-21-7-3-4-8-22(21)17-19/h3-18H,2H2,1H3/b12-11-. The van der Waals surface area contributed by atoms with Crippen molar-refractivity contribution in [2.45, 2.75) is 13.5 Å². The first kappa shape index (κ1) is 15.9. The van der Waals surface area contributed by atoms with Gasteiger partial charge in [-0.15, -0.1) is 0 Å². The molecule has 5 aromatic rings. The summed E-state index contributed by atoms with van der Waals surface area (Å²) < 4.78 is 2.39. The molecule has 0 fully saturated rings. The minimum absolute atomic E-state index is 0.982. The van der Waals surface area contributed by atoms with Crippen LogP contribution in [0.15, 0.2) is 84.9 Å². The van der Waals surface area contributed by atoms with E-state index in [4.69, 9.17) is 0 Å². The van der Waals surface area contributed by atoms with Gasteiger partial charge in [0.2, 0.25) is 0 Å². The predicted molar refractivity (Wildman–Crippen MR) is 118 cm³/mol. The van der Waals surface area contributed by atoms with Gasteiger partial charge in [-0.25, -0.2) is 0 Å². The lowest BCUT2D eigenvalue weighted by Crippen LogP contribution is -1.92. The Kier molecular flexibility index (Phi) is 3.79. The van der Waals surface area contributed by atoms with Gasteiger partial charge in [-0.2, -0.15) is 0 Å². The lowest BCUT2D eigenvalue weighted by atomic mass is 10.1. The molecule has 0 aliphatic heterocycles. The summed E-state index contributed by atoms with van der Waals surface area (Å²) in [4.78, 5) is 0. The minimum atomic E-state index is 0.982. The Morgan fingerprint density at radius 3 is 2.15 bits per heavy atom. The third-order valence-corrected chi connectivity index (χ3v) is 5.35. The molecule has 0 amide bonds. The summed E-state index contributed by atoms with van der Waals surface area (Å²) in [5.41, 5.74) is 5.08. The number of aromatic nitrogens is 1. The van der Waals surface area contributed by atoms with Crippen molar-refractivity contribution < 1.29 is 0 Å². The van der Waals surface area contributed by atoms with Crippen molar-refractivity contribution in [3.8, 4) is 0 Å². The Morgan fingerprint density at radius 2 is 1.30 bits per heavy atom. The molecule has 0 unspecified atom stereocenters. The van der Waals surface area contributed by atoms with E-state index in [1.807, 2.05) is 0 Å². The number of para-hydroxylation sites is 1. The molecule has 1 heteroatoms. The summed E-state index contributed by atoms with van der Waals surface area (Å²) in [7, 11) is 0. The smallest absolute Gasteiger partial charge is 0.0491 e. The van der Waals surface area contributed by atoms with Gasteiger partial charge >= 0.3 is 0 Å². The molecule has 1 aromatic heterocycles. The molecule has 0 aliphatic carbocycles. The molecule has 0 aliphatic rings. The van der Waals surface area contributed by atoms with Gasteiger partial charge in [-0.05, 0) is 53.1 Å². The first-order valence-corrected chi connectivity index (χ1v) is 9.51. The number of aryl methyl sites for hydroxylation is 1. The summed E-state index contributed by atoms with van der Waals surface area (Å²) >= 11 is 0. The van der Waals surface area contributed by atoms with Crippen LogP contribution in [-0.4, -0.2) is 4.57 Å². The summed E-state index contributed by atoms with van der Waals surface area (Å²) in [5.74, 6) is 0. The van der Waals surface area contributed by atoms with E-state index in [1.165, 1.54) is 43.7 Å². The number of fused-ring (bicyclic) bond motifs is 4. The van der Waals surface area contributed by atoms with E-state index in [0.717, 1.165) is 6.54 Å². The van der Waals surface area contributed by atoms with Gasteiger partial charge in [-0.1, -0.05) is 72.8 Å². The fraction of sp³-hybridized carbons (Fsp3) is 0.0769. The second-order valence-corrected chi connectivity index (χ2v) is 6.98. The second-order valence-electron chi connectivity index (χ2n) is 6.98. The molecule has 0 N–H and O–H groups in total. The highest BCUT2D eigenvalue weighted by molar-refractivity contribution is 6.08. The minimum Gasteiger partial charge on any atom is -0.341 e. The first-order chi connectivity index (χ1) is 13.3. The average molecular weight is 347 g/mol. The number of hydrogen-bond acceptors (Lipinski definition) is 0. The van der Waals surface area contributed by atoms with Crippen LogP contribution in [0, 0.1) is 0 Å². The van der Waals surface area contributed by atoms with Crippen molar-refractivity contribution in [2.24, 2.45) is 0 Å². The lowest BCUT2D eigenvalue weighted by Gasteiger charge is -2.03. The molecule has 5 rings (SSSR count). The number of nitrogens with zero attached hydrogens (tertiary/aromatic N) is 1. The highest BCUT2D eigenvalue weighted by atomic mass is 15.0. The van der Waals surface area contributed by atoms with Crippen molar-refractivity contribution in [1.29, 1.82) is 0 Å². The molecule has 0 atom stereocenters. The average Bonchev–Trinajstić information content (AvgIpc) is 3.05. The Balaban J connectivity index is 1.58. The SMILES string of the molecule is CCn1c2ccccc2c2cc(/C=C\c3ccc4ccccc4c3)ccc21. The van der Waals surface area contributed by atoms with Gasteiger partial charge in [0.25, 0.3) is 0 Å².